The van der Waals surface area contributed by atoms with Gasteiger partial charge in [-0.1, -0.05) is 31.8 Å². The Morgan fingerprint density at radius 1 is 1.36 bits per heavy atom. The van der Waals surface area contributed by atoms with E-state index in [-0.39, 0.29) is 0 Å². The lowest BCUT2D eigenvalue weighted by atomic mass is 10.1. The normalized spacial score (nSPS) is 11.7. The third-order valence-electron chi connectivity index (χ3n) is 1.75. The third-order valence-corrected chi connectivity index (χ3v) is 1.75. The predicted octanol–water partition coefficient (Wildman–Crippen LogP) is 2.32. The molecule has 0 aliphatic heterocycles. The smallest absolute Gasteiger partial charge is 0.0112 e. The van der Waals surface area contributed by atoms with Gasteiger partial charge >= 0.3 is 0 Å². The van der Waals surface area contributed by atoms with E-state index in [0.717, 1.165) is 0 Å². The SMILES string of the molecule is CCCCCC/C(C)=C/NN. The average Bonchev–Trinajstić information content (AvgIpc) is 1.99. The largest absolute Gasteiger partial charge is 0.331 e. The van der Waals surface area contributed by atoms with Crippen LogP contribution in [0.2, 0.25) is 0 Å². The van der Waals surface area contributed by atoms with Crippen molar-refractivity contribution in [3.8, 4) is 0 Å². The van der Waals surface area contributed by atoms with Crippen molar-refractivity contribution >= 4 is 0 Å². The summed E-state index contributed by atoms with van der Waals surface area (Å²) in [4.78, 5) is 0. The molecule has 0 aliphatic rings. The average molecular weight is 156 g/mol. The second kappa shape index (κ2) is 7.61. The Morgan fingerprint density at radius 3 is 2.64 bits per heavy atom. The molecule has 0 fully saturated rings. The quantitative estimate of drug-likeness (QED) is 0.352. The van der Waals surface area contributed by atoms with Crippen LogP contribution in [-0.4, -0.2) is 0 Å². The summed E-state index contributed by atoms with van der Waals surface area (Å²) in [6, 6.07) is 0. The van der Waals surface area contributed by atoms with E-state index in [0.29, 0.717) is 0 Å². The summed E-state index contributed by atoms with van der Waals surface area (Å²) in [6.07, 6.45) is 8.32. The van der Waals surface area contributed by atoms with Crippen molar-refractivity contribution in [2.24, 2.45) is 5.84 Å². The van der Waals surface area contributed by atoms with Crippen LogP contribution in [0.25, 0.3) is 0 Å². The molecule has 0 saturated carbocycles. The van der Waals surface area contributed by atoms with E-state index >= 15 is 0 Å². The molecule has 3 N–H and O–H groups in total. The number of hydrogen-bond acceptors (Lipinski definition) is 2. The molecule has 0 aromatic heterocycles. The highest BCUT2D eigenvalue weighted by Crippen LogP contribution is 2.07. The maximum absolute atomic E-state index is 5.13. The Balaban J connectivity index is 3.17. The van der Waals surface area contributed by atoms with E-state index in [1.165, 1.54) is 37.7 Å². The standard InChI is InChI=1S/C9H20N2/c1-3-4-5-6-7-9(2)8-11-10/h8,11H,3-7,10H2,1-2H3/b9-8+. The zero-order valence-corrected chi connectivity index (χ0v) is 7.69. The van der Waals surface area contributed by atoms with Gasteiger partial charge in [0, 0.05) is 6.20 Å². The van der Waals surface area contributed by atoms with Gasteiger partial charge in [-0.15, -0.1) is 0 Å². The summed E-state index contributed by atoms with van der Waals surface area (Å²) >= 11 is 0. The molecule has 11 heavy (non-hydrogen) atoms. The summed E-state index contributed by atoms with van der Waals surface area (Å²) < 4.78 is 0. The lowest BCUT2D eigenvalue weighted by molar-refractivity contribution is 0.662. The highest BCUT2D eigenvalue weighted by atomic mass is 15.2. The molecular weight excluding hydrogens is 136 g/mol. The Labute approximate surface area is 69.8 Å². The van der Waals surface area contributed by atoms with E-state index in [2.05, 4.69) is 19.3 Å². The third kappa shape index (κ3) is 7.40. The minimum Gasteiger partial charge on any atom is -0.331 e. The van der Waals surface area contributed by atoms with Crippen LogP contribution in [0.1, 0.15) is 46.0 Å². The maximum Gasteiger partial charge on any atom is 0.0112 e. The van der Waals surface area contributed by atoms with Gasteiger partial charge in [-0.2, -0.15) is 0 Å². The molecule has 0 bridgehead atoms. The highest BCUT2D eigenvalue weighted by Gasteiger charge is 1.89. The Hall–Kier alpha value is -0.500. The molecule has 0 atom stereocenters. The fourth-order valence-electron chi connectivity index (χ4n) is 1.05. The Kier molecular flexibility index (Phi) is 7.26. The van der Waals surface area contributed by atoms with Crippen LogP contribution in [0.15, 0.2) is 11.8 Å². The summed E-state index contributed by atoms with van der Waals surface area (Å²) in [6.45, 7) is 4.33. The predicted molar refractivity (Wildman–Crippen MR) is 49.8 cm³/mol. The number of allylic oxidation sites excluding steroid dienone is 1. The van der Waals surface area contributed by atoms with Gasteiger partial charge in [0.05, 0.1) is 0 Å². The number of hydrazine groups is 1. The number of nitrogens with two attached hydrogens (primary N) is 1. The number of nitrogens with one attached hydrogen (secondary N) is 1. The first-order valence-corrected chi connectivity index (χ1v) is 4.43. The van der Waals surface area contributed by atoms with Crippen LogP contribution < -0.4 is 11.3 Å². The molecule has 0 aromatic rings. The van der Waals surface area contributed by atoms with Crippen molar-refractivity contribution in [3.05, 3.63) is 11.8 Å². The van der Waals surface area contributed by atoms with Crippen molar-refractivity contribution < 1.29 is 0 Å². The van der Waals surface area contributed by atoms with E-state index in [4.69, 9.17) is 5.84 Å². The van der Waals surface area contributed by atoms with Gasteiger partial charge in [0.25, 0.3) is 0 Å². The van der Waals surface area contributed by atoms with Gasteiger partial charge in [0.1, 0.15) is 0 Å². The molecule has 66 valence electrons. The van der Waals surface area contributed by atoms with Crippen molar-refractivity contribution in [1.29, 1.82) is 0 Å². The number of unbranched alkanes of at least 4 members (excludes halogenated alkanes) is 3. The van der Waals surface area contributed by atoms with Gasteiger partial charge in [-0.25, -0.2) is 0 Å². The molecule has 0 spiro atoms. The van der Waals surface area contributed by atoms with Gasteiger partial charge in [0.15, 0.2) is 0 Å². The first-order chi connectivity index (χ1) is 5.31. The number of rotatable bonds is 6. The van der Waals surface area contributed by atoms with Crippen LogP contribution in [0.5, 0.6) is 0 Å². The van der Waals surface area contributed by atoms with Gasteiger partial charge in [0.2, 0.25) is 0 Å². The van der Waals surface area contributed by atoms with E-state index in [1.54, 1.807) is 0 Å². The van der Waals surface area contributed by atoms with Crippen molar-refractivity contribution in [3.63, 3.8) is 0 Å². The van der Waals surface area contributed by atoms with Crippen molar-refractivity contribution in [2.75, 3.05) is 0 Å². The van der Waals surface area contributed by atoms with E-state index in [9.17, 15) is 0 Å². The lowest BCUT2D eigenvalue weighted by Gasteiger charge is -2.00. The van der Waals surface area contributed by atoms with Crippen LogP contribution in [0.3, 0.4) is 0 Å². The molecule has 0 amide bonds. The second-order valence-corrected chi connectivity index (χ2v) is 2.97. The molecule has 2 heteroatoms. The summed E-state index contributed by atoms with van der Waals surface area (Å²) in [7, 11) is 0. The Bertz CT molecular complexity index is 108. The molecule has 2 nitrogen and oxygen atoms in total. The molecule has 0 heterocycles. The van der Waals surface area contributed by atoms with Crippen LogP contribution in [0.4, 0.5) is 0 Å². The first-order valence-electron chi connectivity index (χ1n) is 4.43. The van der Waals surface area contributed by atoms with Gasteiger partial charge in [-0.05, 0) is 19.8 Å². The van der Waals surface area contributed by atoms with Crippen LogP contribution in [0, 0.1) is 0 Å². The first kappa shape index (κ1) is 10.5. The highest BCUT2D eigenvalue weighted by molar-refractivity contribution is 4.94. The molecule has 0 unspecified atom stereocenters. The summed E-state index contributed by atoms with van der Waals surface area (Å²) in [5.74, 6) is 5.13. The fourth-order valence-corrected chi connectivity index (χ4v) is 1.05. The topological polar surface area (TPSA) is 38.0 Å². The van der Waals surface area contributed by atoms with Crippen molar-refractivity contribution in [2.45, 2.75) is 46.0 Å². The van der Waals surface area contributed by atoms with Crippen molar-refractivity contribution in [1.82, 2.24) is 5.43 Å². The zero-order chi connectivity index (χ0) is 8.53. The molecule has 0 aliphatic carbocycles. The molecule has 0 radical (unpaired) electrons. The van der Waals surface area contributed by atoms with Gasteiger partial charge in [-0.3, -0.25) is 5.84 Å². The molecule has 0 rings (SSSR count). The van der Waals surface area contributed by atoms with Gasteiger partial charge < -0.3 is 5.43 Å². The molecule has 0 saturated heterocycles. The molecular formula is C9H20N2. The fraction of sp³-hybridized carbons (Fsp3) is 0.778. The van der Waals surface area contributed by atoms with E-state index in [1.807, 2.05) is 6.20 Å². The summed E-state index contributed by atoms with van der Waals surface area (Å²) in [5.41, 5.74) is 3.88. The molecule has 0 aromatic carbocycles. The van der Waals surface area contributed by atoms with Crippen LogP contribution >= 0.6 is 0 Å². The van der Waals surface area contributed by atoms with E-state index < -0.39 is 0 Å². The summed E-state index contributed by atoms with van der Waals surface area (Å²) in [5, 5.41) is 0. The minimum atomic E-state index is 1.17. The lowest BCUT2D eigenvalue weighted by Crippen LogP contribution is -2.13. The monoisotopic (exact) mass is 156 g/mol. The second-order valence-electron chi connectivity index (χ2n) is 2.97. The maximum atomic E-state index is 5.13. The number of hydrogen-bond donors (Lipinski definition) is 2. The minimum absolute atomic E-state index is 1.17. The van der Waals surface area contributed by atoms with Crippen LogP contribution in [-0.2, 0) is 0 Å². The Morgan fingerprint density at radius 2 is 2.09 bits per heavy atom. The zero-order valence-electron chi connectivity index (χ0n) is 7.69.